The summed E-state index contributed by atoms with van der Waals surface area (Å²) < 4.78 is 43.0. The molecule has 0 saturated heterocycles. The molecule has 1 aliphatic rings. The van der Waals surface area contributed by atoms with Crippen LogP contribution < -0.4 is 0 Å². The molecule has 2 unspecified atom stereocenters. The molecule has 0 spiro atoms. The van der Waals surface area contributed by atoms with Crippen molar-refractivity contribution in [1.29, 1.82) is 0 Å². The summed E-state index contributed by atoms with van der Waals surface area (Å²) in [6, 6.07) is 3.78. The number of rotatable bonds is 1. The third kappa shape index (κ3) is 1.66. The van der Waals surface area contributed by atoms with E-state index in [1.807, 2.05) is 0 Å². The van der Waals surface area contributed by atoms with Crippen molar-refractivity contribution in [3.63, 3.8) is 0 Å². The first-order chi connectivity index (χ1) is 6.92. The fourth-order valence-electron chi connectivity index (χ4n) is 1.60. The molecule has 0 bridgehead atoms. The Kier molecular flexibility index (Phi) is 2.32. The molecule has 0 amide bonds. The second-order valence-corrected chi connectivity index (χ2v) is 6.39. The van der Waals surface area contributed by atoms with E-state index in [2.05, 4.69) is 0 Å². The van der Waals surface area contributed by atoms with Gasteiger partial charge >= 0.3 is 0 Å². The molecule has 1 aromatic carbocycles. The molecule has 5 nitrogen and oxygen atoms in total. The molecule has 0 fully saturated rings. The van der Waals surface area contributed by atoms with Crippen LogP contribution in [-0.2, 0) is 20.9 Å². The predicted molar refractivity (Wildman–Crippen MR) is 53.7 cm³/mol. The maximum Gasteiger partial charge on any atom is 0.180 e. The molecule has 82 valence electrons. The van der Waals surface area contributed by atoms with E-state index < -0.39 is 26.2 Å². The molecule has 0 aromatic heterocycles. The lowest BCUT2D eigenvalue weighted by molar-refractivity contribution is 0.473. The molecular weight excluding hydrogens is 240 g/mol. The molecule has 1 aliphatic heterocycles. The summed E-state index contributed by atoms with van der Waals surface area (Å²) in [7, 11) is -3.54. The van der Waals surface area contributed by atoms with Crippen molar-refractivity contribution >= 4 is 20.9 Å². The highest BCUT2D eigenvalue weighted by Gasteiger charge is 2.38. The second kappa shape index (κ2) is 3.29. The SMILES string of the molecule is O=S(O)C1CS(=O)(=O)c2cc(O)ccc21. The highest BCUT2D eigenvalue weighted by molar-refractivity contribution is 7.93. The molecule has 1 heterocycles. The minimum Gasteiger partial charge on any atom is -0.508 e. The van der Waals surface area contributed by atoms with Gasteiger partial charge in [0.05, 0.1) is 10.6 Å². The van der Waals surface area contributed by atoms with Crippen LogP contribution in [0.25, 0.3) is 0 Å². The number of benzene rings is 1. The van der Waals surface area contributed by atoms with Gasteiger partial charge in [0.2, 0.25) is 0 Å². The number of phenols is 1. The van der Waals surface area contributed by atoms with Crippen LogP contribution in [0, 0.1) is 0 Å². The van der Waals surface area contributed by atoms with Gasteiger partial charge in [0.1, 0.15) is 11.0 Å². The molecule has 1 aromatic rings. The maximum atomic E-state index is 11.6. The van der Waals surface area contributed by atoms with E-state index in [4.69, 9.17) is 9.66 Å². The highest BCUT2D eigenvalue weighted by atomic mass is 32.2. The first kappa shape index (κ1) is 10.6. The largest absolute Gasteiger partial charge is 0.508 e. The van der Waals surface area contributed by atoms with Gasteiger partial charge in [-0.3, -0.25) is 0 Å². The molecule has 15 heavy (non-hydrogen) atoms. The molecule has 7 heteroatoms. The summed E-state index contributed by atoms with van der Waals surface area (Å²) in [5, 5.41) is 8.24. The Bertz CT molecular complexity index is 534. The summed E-state index contributed by atoms with van der Waals surface area (Å²) >= 11 is -2.22. The third-order valence-electron chi connectivity index (χ3n) is 2.29. The third-order valence-corrected chi connectivity index (χ3v) is 5.21. The van der Waals surface area contributed by atoms with E-state index in [-0.39, 0.29) is 16.4 Å². The van der Waals surface area contributed by atoms with Crippen LogP contribution >= 0.6 is 0 Å². The van der Waals surface area contributed by atoms with Gasteiger partial charge in [-0.2, -0.15) is 0 Å². The van der Waals surface area contributed by atoms with Crippen molar-refractivity contribution in [1.82, 2.24) is 0 Å². The molecular formula is C8H8O5S2. The predicted octanol–water partition coefficient (Wildman–Crippen LogP) is 0.442. The Morgan fingerprint density at radius 2 is 2.07 bits per heavy atom. The van der Waals surface area contributed by atoms with Crippen LogP contribution in [-0.4, -0.2) is 28.0 Å². The van der Waals surface area contributed by atoms with E-state index in [1.54, 1.807) is 0 Å². The van der Waals surface area contributed by atoms with Crippen LogP contribution in [0.15, 0.2) is 23.1 Å². The van der Waals surface area contributed by atoms with Gasteiger partial charge in [0, 0.05) is 0 Å². The lowest BCUT2D eigenvalue weighted by atomic mass is 10.2. The standard InChI is InChI=1S/C8H8O5S2/c9-5-1-2-6-7(14(10)11)4-15(12,13)8(6)3-5/h1-3,7,9H,4H2,(H,10,11). The van der Waals surface area contributed by atoms with Gasteiger partial charge in [-0.15, -0.1) is 0 Å². The van der Waals surface area contributed by atoms with E-state index in [9.17, 15) is 12.6 Å². The zero-order valence-electron chi connectivity index (χ0n) is 7.45. The lowest BCUT2D eigenvalue weighted by Crippen LogP contribution is -2.08. The van der Waals surface area contributed by atoms with Gasteiger partial charge in [-0.05, 0) is 17.7 Å². The van der Waals surface area contributed by atoms with Crippen LogP contribution in [0.1, 0.15) is 10.8 Å². The van der Waals surface area contributed by atoms with E-state index >= 15 is 0 Å². The average Bonchev–Trinajstić information content (AvgIpc) is 2.39. The van der Waals surface area contributed by atoms with Crippen molar-refractivity contribution in [2.24, 2.45) is 0 Å². The number of phenolic OH excluding ortho intramolecular Hbond substituents is 1. The fraction of sp³-hybridized carbons (Fsp3) is 0.250. The van der Waals surface area contributed by atoms with Gasteiger partial charge in [0.25, 0.3) is 0 Å². The monoisotopic (exact) mass is 248 g/mol. The average molecular weight is 248 g/mol. The zero-order chi connectivity index (χ0) is 11.2. The number of hydrogen-bond acceptors (Lipinski definition) is 4. The van der Waals surface area contributed by atoms with Crippen molar-refractivity contribution in [2.45, 2.75) is 10.1 Å². The van der Waals surface area contributed by atoms with Crippen molar-refractivity contribution in [3.05, 3.63) is 23.8 Å². The lowest BCUT2D eigenvalue weighted by Gasteiger charge is -2.03. The Morgan fingerprint density at radius 3 is 2.67 bits per heavy atom. The van der Waals surface area contributed by atoms with Crippen LogP contribution in [0.2, 0.25) is 0 Å². The molecule has 2 atom stereocenters. The highest BCUT2D eigenvalue weighted by Crippen LogP contribution is 2.38. The Balaban J connectivity index is 2.68. The number of aromatic hydroxyl groups is 1. The van der Waals surface area contributed by atoms with Gasteiger partial charge in [0.15, 0.2) is 20.9 Å². The topological polar surface area (TPSA) is 91.7 Å². The first-order valence-electron chi connectivity index (χ1n) is 4.07. The van der Waals surface area contributed by atoms with E-state index in [0.29, 0.717) is 5.56 Å². The summed E-state index contributed by atoms with van der Waals surface area (Å²) in [5.41, 5.74) is 0.300. The number of fused-ring (bicyclic) bond motifs is 1. The van der Waals surface area contributed by atoms with E-state index in [0.717, 1.165) is 6.07 Å². The summed E-state index contributed by atoms with van der Waals surface area (Å²) in [5.74, 6) is -0.545. The Labute approximate surface area is 89.0 Å². The van der Waals surface area contributed by atoms with Crippen molar-refractivity contribution in [3.8, 4) is 5.75 Å². The smallest absolute Gasteiger partial charge is 0.180 e. The number of sulfone groups is 1. The summed E-state index contributed by atoms with van der Waals surface area (Å²) in [6.45, 7) is 0. The van der Waals surface area contributed by atoms with Gasteiger partial charge < -0.3 is 9.66 Å². The maximum absolute atomic E-state index is 11.6. The van der Waals surface area contributed by atoms with Crippen molar-refractivity contribution < 1.29 is 22.3 Å². The Morgan fingerprint density at radius 1 is 1.40 bits per heavy atom. The minimum absolute atomic E-state index is 0.0464. The minimum atomic E-state index is -3.54. The fourth-order valence-corrected chi connectivity index (χ4v) is 4.73. The molecule has 0 radical (unpaired) electrons. The van der Waals surface area contributed by atoms with Gasteiger partial charge in [-0.1, -0.05) is 6.07 Å². The zero-order valence-corrected chi connectivity index (χ0v) is 9.09. The first-order valence-corrected chi connectivity index (χ1v) is 6.89. The molecule has 0 saturated carbocycles. The summed E-state index contributed by atoms with van der Waals surface area (Å²) in [4.78, 5) is -0.0464. The second-order valence-electron chi connectivity index (χ2n) is 3.27. The molecule has 2 N–H and O–H groups in total. The quantitative estimate of drug-likeness (QED) is 0.704. The van der Waals surface area contributed by atoms with E-state index in [1.165, 1.54) is 12.1 Å². The van der Waals surface area contributed by atoms with Crippen LogP contribution in [0.3, 0.4) is 0 Å². The molecule has 0 aliphatic carbocycles. The summed E-state index contributed by atoms with van der Waals surface area (Å²) in [6.07, 6.45) is 0. The van der Waals surface area contributed by atoms with Gasteiger partial charge in [-0.25, -0.2) is 12.6 Å². The normalized spacial score (nSPS) is 24.7. The Hall–Kier alpha value is -0.920. The van der Waals surface area contributed by atoms with Crippen LogP contribution in [0.4, 0.5) is 0 Å². The van der Waals surface area contributed by atoms with Crippen molar-refractivity contribution in [2.75, 3.05) is 5.75 Å². The van der Waals surface area contributed by atoms with Crippen LogP contribution in [0.5, 0.6) is 5.75 Å². The molecule has 2 rings (SSSR count). The number of hydrogen-bond donors (Lipinski definition) is 2.